The third kappa shape index (κ3) is 4.27. The minimum absolute atomic E-state index is 0.0159. The van der Waals surface area contributed by atoms with E-state index in [1.54, 1.807) is 11.1 Å². The van der Waals surface area contributed by atoms with E-state index in [4.69, 9.17) is 21.3 Å². The Labute approximate surface area is 204 Å². The molecule has 10 heteroatoms. The maximum absolute atomic E-state index is 15.1. The molecule has 2 aromatic rings. The van der Waals surface area contributed by atoms with Gasteiger partial charge in [0.05, 0.1) is 18.7 Å². The number of nitrogens with one attached hydrogen (secondary N) is 1. The molecular formula is C24H30ClFN6O2. The second kappa shape index (κ2) is 9.19. The summed E-state index contributed by atoms with van der Waals surface area (Å²) in [5.41, 5.74) is 0.772. The number of halogens is 2. The third-order valence-electron chi connectivity index (χ3n) is 7.03. The molecule has 34 heavy (non-hydrogen) atoms. The lowest BCUT2D eigenvalue weighted by molar-refractivity contribution is 0.221. The summed E-state index contributed by atoms with van der Waals surface area (Å²) in [5, 5.41) is 3.62. The smallest absolute Gasteiger partial charge is 0.330 e. The lowest BCUT2D eigenvalue weighted by Gasteiger charge is -2.37. The molecule has 0 spiro atoms. The van der Waals surface area contributed by atoms with Crippen molar-refractivity contribution in [2.75, 3.05) is 36.3 Å². The predicted molar refractivity (Wildman–Crippen MR) is 130 cm³/mol. The number of carbonyl (C=O) groups is 1. The number of ether oxygens (including phenoxy) is 1. The molecule has 2 heterocycles. The molecule has 2 aliphatic carbocycles. The number of amides is 2. The number of urea groups is 1. The summed E-state index contributed by atoms with van der Waals surface area (Å²) in [6, 6.07) is 3.62. The fourth-order valence-electron chi connectivity index (χ4n) is 4.93. The Morgan fingerprint density at radius 3 is 2.56 bits per heavy atom. The van der Waals surface area contributed by atoms with Crippen molar-refractivity contribution in [3.05, 3.63) is 34.7 Å². The average molecular weight is 489 g/mol. The highest BCUT2D eigenvalue weighted by atomic mass is 35.5. The summed E-state index contributed by atoms with van der Waals surface area (Å²) in [6.45, 7) is 0.134. The summed E-state index contributed by atoms with van der Waals surface area (Å²) in [7, 11) is 5.64. The van der Waals surface area contributed by atoms with Crippen molar-refractivity contribution in [2.24, 2.45) is 0 Å². The SMILES string of the molecule is COc1ccc(Cl)c(N2Cc3cnc(NC4CCC(N(C)C)CC4)nc3N(C3CC3)C2=O)c1F. The second-order valence-electron chi connectivity index (χ2n) is 9.54. The van der Waals surface area contributed by atoms with Crippen LogP contribution in [-0.2, 0) is 6.54 Å². The maximum Gasteiger partial charge on any atom is 0.330 e. The number of carbonyl (C=O) groups excluding carboxylic acids is 1. The molecule has 1 N–H and O–H groups in total. The number of hydrogen-bond acceptors (Lipinski definition) is 6. The molecule has 3 aliphatic rings. The molecule has 0 atom stereocenters. The predicted octanol–water partition coefficient (Wildman–Crippen LogP) is 4.67. The second-order valence-corrected chi connectivity index (χ2v) is 9.95. The largest absolute Gasteiger partial charge is 0.494 e. The van der Waals surface area contributed by atoms with Gasteiger partial charge < -0.3 is 15.0 Å². The summed E-state index contributed by atoms with van der Waals surface area (Å²) in [5.74, 6) is 0.512. The van der Waals surface area contributed by atoms with Crippen LogP contribution in [0.3, 0.4) is 0 Å². The zero-order chi connectivity index (χ0) is 24.0. The van der Waals surface area contributed by atoms with Gasteiger partial charge in [0.15, 0.2) is 11.6 Å². The van der Waals surface area contributed by atoms with Crippen LogP contribution in [0.5, 0.6) is 5.75 Å². The number of hydrogen-bond donors (Lipinski definition) is 1. The molecule has 2 amide bonds. The van der Waals surface area contributed by atoms with Crippen LogP contribution in [0.4, 0.5) is 26.6 Å². The van der Waals surface area contributed by atoms with Gasteiger partial charge in [0.2, 0.25) is 5.95 Å². The standard InChI is InChI=1S/C24H30ClFN6O2/c1-30(2)16-6-4-15(5-7-16)28-23-27-12-14-13-31(21-18(25)10-11-19(34-3)20(21)26)24(33)32(17-8-9-17)22(14)29-23/h10-12,15-17H,4-9,13H2,1-3H3,(H,27,28,29). The number of methoxy groups -OCH3 is 1. The number of benzene rings is 1. The van der Waals surface area contributed by atoms with E-state index >= 15 is 4.39 Å². The Hall–Kier alpha value is -2.65. The molecule has 1 aromatic carbocycles. The van der Waals surface area contributed by atoms with Crippen LogP contribution in [-0.4, -0.2) is 60.2 Å². The van der Waals surface area contributed by atoms with Crippen LogP contribution in [0.1, 0.15) is 44.1 Å². The molecule has 1 aliphatic heterocycles. The third-order valence-corrected chi connectivity index (χ3v) is 7.33. The fourth-order valence-corrected chi connectivity index (χ4v) is 5.18. The van der Waals surface area contributed by atoms with E-state index in [-0.39, 0.29) is 35.1 Å². The van der Waals surface area contributed by atoms with Gasteiger partial charge in [-0.25, -0.2) is 14.2 Å². The minimum atomic E-state index is -0.657. The first-order valence-corrected chi connectivity index (χ1v) is 12.2. The fraction of sp³-hybridized carbons (Fsp3) is 0.542. The summed E-state index contributed by atoms with van der Waals surface area (Å²) < 4.78 is 20.3. The van der Waals surface area contributed by atoms with Gasteiger partial charge in [-0.2, -0.15) is 4.98 Å². The number of anilines is 3. The summed E-state index contributed by atoms with van der Waals surface area (Å²) in [6.07, 6.45) is 7.86. The summed E-state index contributed by atoms with van der Waals surface area (Å²) >= 11 is 6.34. The summed E-state index contributed by atoms with van der Waals surface area (Å²) in [4.78, 5) is 28.2. The van der Waals surface area contributed by atoms with E-state index in [2.05, 4.69) is 29.3 Å². The van der Waals surface area contributed by atoms with Gasteiger partial charge in [0, 0.05) is 29.9 Å². The molecule has 8 nitrogen and oxygen atoms in total. The van der Waals surface area contributed by atoms with Gasteiger partial charge in [-0.1, -0.05) is 11.6 Å². The quantitative estimate of drug-likeness (QED) is 0.637. The Balaban J connectivity index is 1.42. The van der Waals surface area contributed by atoms with Crippen LogP contribution in [0.25, 0.3) is 0 Å². The van der Waals surface area contributed by atoms with E-state index in [1.165, 1.54) is 24.1 Å². The van der Waals surface area contributed by atoms with Gasteiger partial charge in [-0.05, 0) is 64.8 Å². The Morgan fingerprint density at radius 1 is 1.18 bits per heavy atom. The van der Waals surface area contributed by atoms with Gasteiger partial charge in [0.1, 0.15) is 11.5 Å². The lowest BCUT2D eigenvalue weighted by Crippen LogP contribution is -2.49. The average Bonchev–Trinajstić information content (AvgIpc) is 3.65. The van der Waals surface area contributed by atoms with E-state index in [9.17, 15) is 4.79 Å². The molecule has 1 aromatic heterocycles. The first-order chi connectivity index (χ1) is 16.4. The van der Waals surface area contributed by atoms with Crippen molar-refractivity contribution in [1.29, 1.82) is 0 Å². The maximum atomic E-state index is 15.1. The highest BCUT2D eigenvalue weighted by Gasteiger charge is 2.43. The van der Waals surface area contributed by atoms with Gasteiger partial charge in [0.25, 0.3) is 0 Å². The van der Waals surface area contributed by atoms with E-state index < -0.39 is 5.82 Å². The Morgan fingerprint density at radius 2 is 1.91 bits per heavy atom. The Bertz CT molecular complexity index is 1090. The number of rotatable bonds is 6. The molecule has 2 saturated carbocycles. The molecule has 0 saturated heterocycles. The van der Waals surface area contributed by atoms with Crippen LogP contribution in [0.15, 0.2) is 18.3 Å². The minimum Gasteiger partial charge on any atom is -0.494 e. The van der Waals surface area contributed by atoms with E-state index in [1.807, 2.05) is 0 Å². The van der Waals surface area contributed by atoms with E-state index in [0.717, 1.165) is 44.1 Å². The normalized spacial score (nSPS) is 22.7. The first kappa shape index (κ1) is 23.1. The molecule has 0 radical (unpaired) electrons. The first-order valence-electron chi connectivity index (χ1n) is 11.8. The van der Waals surface area contributed by atoms with Gasteiger partial charge in [-0.15, -0.1) is 0 Å². The zero-order valence-electron chi connectivity index (χ0n) is 19.7. The highest BCUT2D eigenvalue weighted by Crippen LogP contribution is 2.42. The van der Waals surface area contributed by atoms with Crippen molar-refractivity contribution >= 4 is 35.1 Å². The van der Waals surface area contributed by atoms with Crippen molar-refractivity contribution in [1.82, 2.24) is 14.9 Å². The molecule has 0 unspecified atom stereocenters. The molecule has 2 fully saturated rings. The van der Waals surface area contributed by atoms with Crippen LogP contribution in [0.2, 0.25) is 5.02 Å². The van der Waals surface area contributed by atoms with Crippen LogP contribution < -0.4 is 19.9 Å². The van der Waals surface area contributed by atoms with Gasteiger partial charge >= 0.3 is 6.03 Å². The van der Waals surface area contributed by atoms with Gasteiger partial charge in [-0.3, -0.25) is 9.80 Å². The topological polar surface area (TPSA) is 73.8 Å². The molecule has 182 valence electrons. The van der Waals surface area contributed by atoms with Crippen LogP contribution >= 0.6 is 11.6 Å². The van der Waals surface area contributed by atoms with Crippen LogP contribution in [0, 0.1) is 5.82 Å². The van der Waals surface area contributed by atoms with Crippen molar-refractivity contribution in [2.45, 2.75) is 63.2 Å². The monoisotopic (exact) mass is 488 g/mol. The Kier molecular flexibility index (Phi) is 6.24. The number of nitrogens with zero attached hydrogens (tertiary/aromatic N) is 5. The highest BCUT2D eigenvalue weighted by molar-refractivity contribution is 6.34. The molecular weight excluding hydrogens is 459 g/mol. The molecule has 5 rings (SSSR count). The van der Waals surface area contributed by atoms with E-state index in [0.29, 0.717) is 23.8 Å². The number of aromatic nitrogens is 2. The van der Waals surface area contributed by atoms with Crippen molar-refractivity contribution in [3.63, 3.8) is 0 Å². The number of fused-ring (bicyclic) bond motifs is 1. The zero-order valence-corrected chi connectivity index (χ0v) is 20.5. The molecule has 0 bridgehead atoms. The van der Waals surface area contributed by atoms with Crippen molar-refractivity contribution < 1.29 is 13.9 Å². The van der Waals surface area contributed by atoms with Crippen molar-refractivity contribution in [3.8, 4) is 5.75 Å². The lowest BCUT2D eigenvalue weighted by atomic mass is 9.91.